The standard InChI is InChI=1S/C21H25Cl2N5O2/c1-5-11(6-2)9-25-20-19-12(10-26-21(24)28-19)7-13(27-20)16-17(22)14(29-3)8-15(30-4)18(16)23/h7-8,10-11H,5-6,9H2,1-4H3,(H,25,27)(H2,24,26,28). The Kier molecular flexibility index (Phi) is 7.05. The van der Waals surface area contributed by atoms with E-state index in [0.717, 1.165) is 24.8 Å². The molecule has 7 nitrogen and oxygen atoms in total. The summed E-state index contributed by atoms with van der Waals surface area (Å²) in [7, 11) is 3.07. The maximum atomic E-state index is 6.60. The van der Waals surface area contributed by atoms with Gasteiger partial charge >= 0.3 is 0 Å². The van der Waals surface area contributed by atoms with E-state index in [2.05, 4.69) is 29.1 Å². The highest BCUT2D eigenvalue weighted by molar-refractivity contribution is 6.41. The van der Waals surface area contributed by atoms with Crippen molar-refractivity contribution in [2.45, 2.75) is 26.7 Å². The average Bonchev–Trinajstić information content (AvgIpc) is 2.75. The lowest BCUT2D eigenvalue weighted by molar-refractivity contribution is 0.395. The second-order valence-electron chi connectivity index (χ2n) is 6.87. The molecule has 0 bridgehead atoms. The number of halogens is 2. The quantitative estimate of drug-likeness (QED) is 0.471. The number of hydrogen-bond acceptors (Lipinski definition) is 7. The van der Waals surface area contributed by atoms with Crippen molar-refractivity contribution in [2.75, 3.05) is 31.8 Å². The van der Waals surface area contributed by atoms with E-state index in [0.29, 0.717) is 50.1 Å². The maximum Gasteiger partial charge on any atom is 0.220 e. The van der Waals surface area contributed by atoms with Gasteiger partial charge in [0.05, 0.1) is 30.0 Å². The number of nitrogens with two attached hydrogens (primary N) is 1. The Labute approximate surface area is 185 Å². The van der Waals surface area contributed by atoms with Gasteiger partial charge < -0.3 is 20.5 Å². The number of pyridine rings is 1. The van der Waals surface area contributed by atoms with E-state index in [1.807, 2.05) is 6.07 Å². The molecule has 0 atom stereocenters. The molecule has 0 saturated carbocycles. The third kappa shape index (κ3) is 4.32. The summed E-state index contributed by atoms with van der Waals surface area (Å²) in [5, 5.41) is 4.87. The highest BCUT2D eigenvalue weighted by Gasteiger charge is 2.21. The van der Waals surface area contributed by atoms with Gasteiger partial charge in [0, 0.05) is 29.8 Å². The largest absolute Gasteiger partial charge is 0.495 e. The number of hydrogen-bond donors (Lipinski definition) is 2. The van der Waals surface area contributed by atoms with Gasteiger partial charge in [-0.1, -0.05) is 49.9 Å². The highest BCUT2D eigenvalue weighted by Crippen LogP contribution is 2.46. The molecule has 0 saturated heterocycles. The van der Waals surface area contributed by atoms with Gasteiger partial charge in [0.15, 0.2) is 5.82 Å². The lowest BCUT2D eigenvalue weighted by Crippen LogP contribution is -2.14. The number of nitrogen functional groups attached to an aromatic ring is 1. The fraction of sp³-hybridized carbons (Fsp3) is 0.381. The summed E-state index contributed by atoms with van der Waals surface area (Å²) in [4.78, 5) is 13.3. The average molecular weight is 450 g/mol. The summed E-state index contributed by atoms with van der Waals surface area (Å²) in [6, 6.07) is 3.47. The minimum Gasteiger partial charge on any atom is -0.495 e. The number of nitrogens with one attached hydrogen (secondary N) is 1. The minimum absolute atomic E-state index is 0.182. The number of anilines is 2. The Morgan fingerprint density at radius 1 is 1.03 bits per heavy atom. The summed E-state index contributed by atoms with van der Waals surface area (Å²) < 4.78 is 10.8. The Bertz CT molecular complexity index is 1030. The van der Waals surface area contributed by atoms with Crippen LogP contribution in [0.5, 0.6) is 11.5 Å². The zero-order valence-electron chi connectivity index (χ0n) is 17.4. The van der Waals surface area contributed by atoms with E-state index < -0.39 is 0 Å². The molecule has 0 aliphatic carbocycles. The van der Waals surface area contributed by atoms with Crippen molar-refractivity contribution in [2.24, 2.45) is 5.92 Å². The van der Waals surface area contributed by atoms with Crippen LogP contribution < -0.4 is 20.5 Å². The summed E-state index contributed by atoms with van der Waals surface area (Å²) in [6.45, 7) is 5.09. The molecule has 30 heavy (non-hydrogen) atoms. The van der Waals surface area contributed by atoms with Crippen LogP contribution in [0.25, 0.3) is 22.2 Å². The first-order valence-corrected chi connectivity index (χ1v) is 10.5. The molecule has 3 aromatic rings. The van der Waals surface area contributed by atoms with Crippen molar-refractivity contribution in [3.63, 3.8) is 0 Å². The first-order valence-electron chi connectivity index (χ1n) is 9.70. The van der Waals surface area contributed by atoms with E-state index in [1.54, 1.807) is 12.3 Å². The van der Waals surface area contributed by atoms with Crippen LogP contribution in [0.15, 0.2) is 18.3 Å². The molecule has 3 N–H and O–H groups in total. The third-order valence-corrected chi connectivity index (χ3v) is 5.88. The van der Waals surface area contributed by atoms with E-state index in [9.17, 15) is 0 Å². The molecule has 2 aromatic heterocycles. The van der Waals surface area contributed by atoms with Crippen molar-refractivity contribution in [1.29, 1.82) is 0 Å². The summed E-state index contributed by atoms with van der Waals surface area (Å²) in [5.41, 5.74) is 7.52. The predicted octanol–water partition coefficient (Wildman–Crippen LogP) is 5.45. The summed E-state index contributed by atoms with van der Waals surface area (Å²) in [5.74, 6) is 2.16. The highest BCUT2D eigenvalue weighted by atomic mass is 35.5. The molecule has 2 heterocycles. The SMILES string of the molecule is CCC(CC)CNc1nc(-c2c(Cl)c(OC)cc(OC)c2Cl)cc2cnc(N)nc12. The van der Waals surface area contributed by atoms with Crippen LogP contribution >= 0.6 is 23.2 Å². The molecule has 160 valence electrons. The number of nitrogens with zero attached hydrogens (tertiary/aromatic N) is 3. The Morgan fingerprint density at radius 2 is 1.67 bits per heavy atom. The van der Waals surface area contributed by atoms with Crippen LogP contribution in [0.1, 0.15) is 26.7 Å². The van der Waals surface area contributed by atoms with Gasteiger partial charge in [0.25, 0.3) is 0 Å². The van der Waals surface area contributed by atoms with Crippen molar-refractivity contribution in [3.8, 4) is 22.8 Å². The topological polar surface area (TPSA) is 95.2 Å². The molecular weight excluding hydrogens is 425 g/mol. The van der Waals surface area contributed by atoms with Gasteiger partial charge in [0.2, 0.25) is 5.95 Å². The van der Waals surface area contributed by atoms with Crippen LogP contribution in [0.4, 0.5) is 11.8 Å². The van der Waals surface area contributed by atoms with Crippen molar-refractivity contribution >= 4 is 45.9 Å². The summed E-state index contributed by atoms with van der Waals surface area (Å²) in [6.07, 6.45) is 3.77. The molecule has 0 aliphatic rings. The van der Waals surface area contributed by atoms with E-state index in [1.165, 1.54) is 14.2 Å². The Hall–Kier alpha value is -2.51. The normalized spacial score (nSPS) is 11.2. The van der Waals surface area contributed by atoms with Crippen molar-refractivity contribution < 1.29 is 9.47 Å². The van der Waals surface area contributed by atoms with Crippen molar-refractivity contribution in [1.82, 2.24) is 15.0 Å². The smallest absolute Gasteiger partial charge is 0.220 e. The van der Waals surface area contributed by atoms with Gasteiger partial charge in [0.1, 0.15) is 17.0 Å². The van der Waals surface area contributed by atoms with Crippen LogP contribution in [0.3, 0.4) is 0 Å². The number of methoxy groups -OCH3 is 2. The molecule has 3 rings (SSSR count). The lowest BCUT2D eigenvalue weighted by Gasteiger charge is -2.18. The molecule has 1 aromatic carbocycles. The fourth-order valence-electron chi connectivity index (χ4n) is 3.23. The Morgan fingerprint density at radius 3 is 2.23 bits per heavy atom. The molecule has 0 fully saturated rings. The van der Waals surface area contributed by atoms with Gasteiger partial charge in [-0.15, -0.1) is 0 Å². The maximum absolute atomic E-state index is 6.60. The second kappa shape index (κ2) is 9.53. The minimum atomic E-state index is 0.182. The lowest BCUT2D eigenvalue weighted by atomic mass is 10.0. The molecular formula is C21H25Cl2N5O2. The van der Waals surface area contributed by atoms with Gasteiger partial charge in [-0.05, 0) is 12.0 Å². The van der Waals surface area contributed by atoms with Crippen LogP contribution in [0, 0.1) is 5.92 Å². The fourth-order valence-corrected chi connectivity index (χ4v) is 3.93. The molecule has 0 radical (unpaired) electrons. The summed E-state index contributed by atoms with van der Waals surface area (Å²) >= 11 is 13.2. The second-order valence-corrected chi connectivity index (χ2v) is 7.63. The Balaban J connectivity index is 2.22. The molecule has 0 amide bonds. The number of benzene rings is 1. The number of aromatic nitrogens is 3. The van der Waals surface area contributed by atoms with E-state index in [-0.39, 0.29) is 5.95 Å². The first kappa shape index (κ1) is 22.2. The molecule has 9 heteroatoms. The third-order valence-electron chi connectivity index (χ3n) is 5.13. The van der Waals surface area contributed by atoms with Crippen LogP contribution in [-0.2, 0) is 0 Å². The molecule has 0 spiro atoms. The molecule has 0 aliphatic heterocycles. The van der Waals surface area contributed by atoms with E-state index in [4.69, 9.17) is 43.4 Å². The van der Waals surface area contributed by atoms with E-state index >= 15 is 0 Å². The van der Waals surface area contributed by atoms with Crippen LogP contribution in [0.2, 0.25) is 10.0 Å². The van der Waals surface area contributed by atoms with Gasteiger partial charge in [-0.2, -0.15) is 0 Å². The monoisotopic (exact) mass is 449 g/mol. The van der Waals surface area contributed by atoms with Gasteiger partial charge in [-0.25, -0.2) is 15.0 Å². The van der Waals surface area contributed by atoms with Gasteiger partial charge in [-0.3, -0.25) is 0 Å². The number of ether oxygens (including phenoxy) is 2. The first-order chi connectivity index (χ1) is 14.4. The van der Waals surface area contributed by atoms with Crippen LogP contribution in [-0.4, -0.2) is 35.7 Å². The van der Waals surface area contributed by atoms with Crippen molar-refractivity contribution in [3.05, 3.63) is 28.4 Å². The predicted molar refractivity (Wildman–Crippen MR) is 123 cm³/mol. The number of rotatable bonds is 8. The zero-order valence-corrected chi connectivity index (χ0v) is 18.9. The zero-order chi connectivity index (χ0) is 21.8. The molecule has 0 unspecified atom stereocenters. The number of fused-ring (bicyclic) bond motifs is 1.